The van der Waals surface area contributed by atoms with Gasteiger partial charge >= 0.3 is 0 Å². The van der Waals surface area contributed by atoms with Crippen molar-refractivity contribution in [2.75, 3.05) is 12.4 Å². The Labute approximate surface area is 152 Å². The number of nitrogens with one attached hydrogen (secondary N) is 2. The molecule has 0 saturated heterocycles. The Bertz CT molecular complexity index is 745. The molecule has 0 radical (unpaired) electrons. The third-order valence-electron chi connectivity index (χ3n) is 4.38. The fraction of sp³-hybridized carbons (Fsp3) is 0.368. The average molecular weight is 360 g/mol. The molecule has 1 aromatic heterocycles. The molecule has 0 spiro atoms. The lowest BCUT2D eigenvalue weighted by molar-refractivity contribution is 0.0927. The first-order valence-corrected chi connectivity index (χ1v) is 8.90. The molecule has 25 heavy (non-hydrogen) atoms. The van der Waals surface area contributed by atoms with E-state index in [4.69, 9.17) is 16.3 Å². The molecule has 1 aliphatic carbocycles. The van der Waals surface area contributed by atoms with Gasteiger partial charge in [-0.15, -0.1) is 0 Å². The maximum Gasteiger partial charge on any atom is 0.253 e. The monoisotopic (exact) mass is 359 g/mol. The molecule has 0 atom stereocenters. The van der Waals surface area contributed by atoms with E-state index in [2.05, 4.69) is 15.6 Å². The van der Waals surface area contributed by atoms with E-state index in [1.54, 1.807) is 37.7 Å². The topological polar surface area (TPSA) is 63.2 Å². The molecule has 1 fully saturated rings. The number of carbonyl (C=O) groups is 1. The Morgan fingerprint density at radius 1 is 1.16 bits per heavy atom. The van der Waals surface area contributed by atoms with Gasteiger partial charge in [-0.3, -0.25) is 9.78 Å². The fourth-order valence-electron chi connectivity index (χ4n) is 3.06. The Balaban J connectivity index is 1.68. The molecule has 2 aromatic rings. The molecule has 1 saturated carbocycles. The molecule has 1 aliphatic rings. The maximum absolute atomic E-state index is 12.4. The quantitative estimate of drug-likeness (QED) is 0.822. The van der Waals surface area contributed by atoms with Crippen molar-refractivity contribution in [3.63, 3.8) is 0 Å². The van der Waals surface area contributed by atoms with Crippen molar-refractivity contribution in [3.05, 3.63) is 47.2 Å². The van der Waals surface area contributed by atoms with E-state index >= 15 is 0 Å². The van der Waals surface area contributed by atoms with Gasteiger partial charge in [0.2, 0.25) is 0 Å². The largest absolute Gasteiger partial charge is 0.495 e. The minimum absolute atomic E-state index is 0.0733. The number of halogens is 1. The van der Waals surface area contributed by atoms with Crippen molar-refractivity contribution in [2.24, 2.45) is 0 Å². The van der Waals surface area contributed by atoms with Crippen LogP contribution in [0.5, 0.6) is 5.75 Å². The summed E-state index contributed by atoms with van der Waals surface area (Å²) in [6.45, 7) is 0. The van der Waals surface area contributed by atoms with Gasteiger partial charge in [0, 0.05) is 17.9 Å². The lowest BCUT2D eigenvalue weighted by Crippen LogP contribution is -2.36. The third-order valence-corrected chi connectivity index (χ3v) is 4.68. The second kappa shape index (κ2) is 8.21. The van der Waals surface area contributed by atoms with Gasteiger partial charge in [0.1, 0.15) is 5.75 Å². The van der Waals surface area contributed by atoms with Crippen molar-refractivity contribution in [1.82, 2.24) is 10.3 Å². The van der Waals surface area contributed by atoms with Crippen LogP contribution in [0.3, 0.4) is 0 Å². The van der Waals surface area contributed by atoms with Gasteiger partial charge in [0.15, 0.2) is 0 Å². The van der Waals surface area contributed by atoms with Crippen molar-refractivity contribution in [3.8, 4) is 5.75 Å². The molecule has 1 heterocycles. The molecule has 0 aliphatic heterocycles. The SMILES string of the molecule is COc1ccc(Nc2cncc(C(=O)NC3CCCCC3)c2)cc1Cl. The zero-order valence-electron chi connectivity index (χ0n) is 14.2. The summed E-state index contributed by atoms with van der Waals surface area (Å²) in [5.41, 5.74) is 2.09. The fourth-order valence-corrected chi connectivity index (χ4v) is 3.32. The summed E-state index contributed by atoms with van der Waals surface area (Å²) >= 11 is 6.14. The normalized spacial score (nSPS) is 14.8. The molecular weight excluding hydrogens is 338 g/mol. The van der Waals surface area contributed by atoms with E-state index in [0.717, 1.165) is 24.2 Å². The van der Waals surface area contributed by atoms with Crippen molar-refractivity contribution >= 4 is 28.9 Å². The first-order valence-electron chi connectivity index (χ1n) is 8.52. The lowest BCUT2D eigenvalue weighted by atomic mass is 9.95. The van der Waals surface area contributed by atoms with E-state index in [-0.39, 0.29) is 11.9 Å². The Morgan fingerprint density at radius 2 is 1.96 bits per heavy atom. The Morgan fingerprint density at radius 3 is 2.68 bits per heavy atom. The van der Waals surface area contributed by atoms with Crippen molar-refractivity contribution in [2.45, 2.75) is 38.1 Å². The predicted octanol–water partition coefficient (Wildman–Crippen LogP) is 4.55. The number of amides is 1. The summed E-state index contributed by atoms with van der Waals surface area (Å²) < 4.78 is 5.15. The van der Waals surface area contributed by atoms with Crippen LogP contribution in [0.2, 0.25) is 5.02 Å². The van der Waals surface area contributed by atoms with Crippen LogP contribution >= 0.6 is 11.6 Å². The van der Waals surface area contributed by atoms with Crippen molar-refractivity contribution in [1.29, 1.82) is 0 Å². The lowest BCUT2D eigenvalue weighted by Gasteiger charge is -2.22. The summed E-state index contributed by atoms with van der Waals surface area (Å²) in [5.74, 6) is 0.543. The number of carbonyl (C=O) groups excluding carboxylic acids is 1. The van der Waals surface area contributed by atoms with Crippen LogP contribution in [0.25, 0.3) is 0 Å². The molecular formula is C19H22ClN3O2. The highest BCUT2D eigenvalue weighted by Gasteiger charge is 2.17. The number of rotatable bonds is 5. The molecule has 3 rings (SSSR count). The zero-order valence-corrected chi connectivity index (χ0v) is 15.0. The van der Waals surface area contributed by atoms with Crippen LogP contribution in [0, 0.1) is 0 Å². The molecule has 0 bridgehead atoms. The highest BCUT2D eigenvalue weighted by atomic mass is 35.5. The number of aromatic nitrogens is 1. The van der Waals surface area contributed by atoms with Crippen LogP contribution in [-0.2, 0) is 0 Å². The number of ether oxygens (including phenoxy) is 1. The van der Waals surface area contributed by atoms with Crippen LogP contribution in [0.1, 0.15) is 42.5 Å². The summed E-state index contributed by atoms with van der Waals surface area (Å²) in [6, 6.07) is 7.49. The summed E-state index contributed by atoms with van der Waals surface area (Å²) in [6.07, 6.45) is 9.01. The first-order chi connectivity index (χ1) is 12.2. The van der Waals surface area contributed by atoms with Gasteiger partial charge in [-0.1, -0.05) is 30.9 Å². The molecule has 2 N–H and O–H groups in total. The van der Waals surface area contributed by atoms with Gasteiger partial charge in [-0.2, -0.15) is 0 Å². The molecule has 5 nitrogen and oxygen atoms in total. The standard InChI is InChI=1S/C19H22ClN3O2/c1-25-18-8-7-15(10-17(18)20)22-16-9-13(11-21-12-16)19(24)23-14-5-3-2-4-6-14/h7-12,14,22H,2-6H2,1H3,(H,23,24). The van der Waals surface area contributed by atoms with E-state index in [0.29, 0.717) is 16.3 Å². The highest BCUT2D eigenvalue weighted by Crippen LogP contribution is 2.28. The molecule has 0 unspecified atom stereocenters. The second-order valence-corrected chi connectivity index (χ2v) is 6.65. The number of methoxy groups -OCH3 is 1. The van der Waals surface area contributed by atoms with Gasteiger partial charge in [0.25, 0.3) is 5.91 Å². The van der Waals surface area contributed by atoms with E-state index in [9.17, 15) is 4.79 Å². The second-order valence-electron chi connectivity index (χ2n) is 6.25. The number of benzene rings is 1. The van der Waals surface area contributed by atoms with Crippen LogP contribution < -0.4 is 15.4 Å². The molecule has 1 amide bonds. The Hall–Kier alpha value is -2.27. The van der Waals surface area contributed by atoms with Gasteiger partial charge in [-0.05, 0) is 37.1 Å². The van der Waals surface area contributed by atoms with E-state index in [1.165, 1.54) is 19.3 Å². The maximum atomic E-state index is 12.4. The van der Waals surface area contributed by atoms with Gasteiger partial charge < -0.3 is 15.4 Å². The summed E-state index contributed by atoms with van der Waals surface area (Å²) in [4.78, 5) is 16.6. The number of anilines is 2. The summed E-state index contributed by atoms with van der Waals surface area (Å²) in [5, 5.41) is 6.84. The van der Waals surface area contributed by atoms with Gasteiger partial charge in [0.05, 0.1) is 29.6 Å². The van der Waals surface area contributed by atoms with Gasteiger partial charge in [-0.25, -0.2) is 0 Å². The number of hydrogen-bond acceptors (Lipinski definition) is 4. The minimum Gasteiger partial charge on any atom is -0.495 e. The highest BCUT2D eigenvalue weighted by molar-refractivity contribution is 6.32. The van der Waals surface area contributed by atoms with Crippen molar-refractivity contribution < 1.29 is 9.53 Å². The number of hydrogen-bond donors (Lipinski definition) is 2. The third kappa shape index (κ3) is 4.63. The summed E-state index contributed by atoms with van der Waals surface area (Å²) in [7, 11) is 1.58. The minimum atomic E-state index is -0.0733. The zero-order chi connectivity index (χ0) is 17.6. The number of nitrogens with zero attached hydrogens (tertiary/aromatic N) is 1. The predicted molar refractivity (Wildman–Crippen MR) is 99.9 cm³/mol. The van der Waals surface area contributed by atoms with Crippen LogP contribution in [0.15, 0.2) is 36.7 Å². The Kier molecular flexibility index (Phi) is 5.76. The number of pyridine rings is 1. The smallest absolute Gasteiger partial charge is 0.253 e. The molecule has 6 heteroatoms. The van der Waals surface area contributed by atoms with Crippen LogP contribution in [-0.4, -0.2) is 24.0 Å². The average Bonchev–Trinajstić information content (AvgIpc) is 2.63. The molecule has 1 aromatic carbocycles. The van der Waals surface area contributed by atoms with Crippen LogP contribution in [0.4, 0.5) is 11.4 Å². The van der Waals surface area contributed by atoms with E-state index in [1.807, 2.05) is 6.07 Å². The van der Waals surface area contributed by atoms with E-state index < -0.39 is 0 Å². The first kappa shape index (κ1) is 17.5. The molecule has 132 valence electrons.